The maximum absolute atomic E-state index is 13.3. The van der Waals surface area contributed by atoms with Gasteiger partial charge in [0, 0.05) is 12.5 Å². The molecule has 4 nitrogen and oxygen atoms in total. The zero-order chi connectivity index (χ0) is 20.0. The van der Waals surface area contributed by atoms with Gasteiger partial charge in [0.05, 0.1) is 0 Å². The number of likely N-dealkylation sites (N-methyl/N-ethyl adjacent to an activating group) is 1. The molecule has 2 aliphatic rings. The minimum Gasteiger partial charge on any atom is -0.462 e. The number of nitrogens with zero attached hydrogens (tertiary/aromatic N) is 1. The van der Waals surface area contributed by atoms with Gasteiger partial charge in [-0.25, -0.2) is 4.79 Å². The molecule has 0 aromatic heterocycles. The third kappa shape index (κ3) is 5.06. The number of carbonyl (C=O) groups is 1. The van der Waals surface area contributed by atoms with E-state index in [4.69, 9.17) is 4.74 Å². The zero-order valence-corrected chi connectivity index (χ0v) is 18.4. The number of rotatable bonds is 8. The van der Waals surface area contributed by atoms with Gasteiger partial charge in [-0.1, -0.05) is 66.7 Å². The highest BCUT2D eigenvalue weighted by molar-refractivity contribution is 5.80. The first-order chi connectivity index (χ1) is 12.9. The van der Waals surface area contributed by atoms with Crippen LogP contribution in [0.3, 0.4) is 0 Å². The number of carbonyl (C=O) groups excluding carboxylic acids is 1. The molecule has 0 bridgehead atoms. The van der Waals surface area contributed by atoms with E-state index in [9.17, 15) is 9.90 Å². The van der Waals surface area contributed by atoms with E-state index in [1.165, 1.54) is 12.8 Å². The Balaban J connectivity index is 2.20. The summed E-state index contributed by atoms with van der Waals surface area (Å²) in [6.45, 7) is 14.0. The van der Waals surface area contributed by atoms with Gasteiger partial charge in [0.25, 0.3) is 0 Å². The third-order valence-electron chi connectivity index (χ3n) is 7.75. The second-order valence-corrected chi connectivity index (χ2v) is 9.24. The number of aliphatic hydroxyl groups is 1. The maximum Gasteiger partial charge on any atom is 0.338 e. The first kappa shape index (κ1) is 22.7. The molecule has 2 fully saturated rings. The van der Waals surface area contributed by atoms with Crippen molar-refractivity contribution in [3.05, 3.63) is 0 Å². The molecule has 1 N–H and O–H groups in total. The van der Waals surface area contributed by atoms with Gasteiger partial charge in [-0.05, 0) is 49.6 Å². The van der Waals surface area contributed by atoms with Crippen molar-refractivity contribution in [3.8, 4) is 0 Å². The lowest BCUT2D eigenvalue weighted by molar-refractivity contribution is -0.195. The molecule has 158 valence electrons. The first-order valence-corrected chi connectivity index (χ1v) is 11.5. The third-order valence-corrected chi connectivity index (χ3v) is 7.75. The normalized spacial score (nSPS) is 32.3. The second kappa shape index (κ2) is 10.2. The minimum absolute atomic E-state index is 0.00491. The Bertz CT molecular complexity index is 459. The predicted octanol–water partition coefficient (Wildman–Crippen LogP) is 4.50. The van der Waals surface area contributed by atoms with Crippen molar-refractivity contribution >= 4 is 5.97 Å². The zero-order valence-electron chi connectivity index (χ0n) is 18.4. The molecule has 0 aliphatic heterocycles. The van der Waals surface area contributed by atoms with Gasteiger partial charge in [0.1, 0.15) is 6.61 Å². The molecule has 4 heteroatoms. The number of esters is 1. The predicted molar refractivity (Wildman–Crippen MR) is 110 cm³/mol. The van der Waals surface area contributed by atoms with E-state index in [0.29, 0.717) is 24.4 Å². The van der Waals surface area contributed by atoms with Gasteiger partial charge >= 0.3 is 5.97 Å². The number of ether oxygens (including phenoxy) is 1. The van der Waals surface area contributed by atoms with E-state index in [2.05, 4.69) is 39.5 Å². The van der Waals surface area contributed by atoms with Crippen LogP contribution in [0.4, 0.5) is 0 Å². The summed E-state index contributed by atoms with van der Waals surface area (Å²) < 4.78 is 5.75. The molecule has 2 aliphatic carbocycles. The van der Waals surface area contributed by atoms with Gasteiger partial charge in [-0.2, -0.15) is 0 Å². The topological polar surface area (TPSA) is 49.8 Å². The standard InChI is InChI=1S/C23H43NO3/c1-6-24(7-2)15-16-27-22(25)23(26,20-11-9-8-10-12-20)21-18(4)14-13-17(3)19(21)5/h17-21,26H,6-16H2,1-5H3/t17-,18+,19-,21-,23-/m0/s1. The molecule has 0 radical (unpaired) electrons. The summed E-state index contributed by atoms with van der Waals surface area (Å²) in [6.07, 6.45) is 7.64. The van der Waals surface area contributed by atoms with E-state index in [1.54, 1.807) is 0 Å². The van der Waals surface area contributed by atoms with Crippen LogP contribution in [0, 0.1) is 29.6 Å². The smallest absolute Gasteiger partial charge is 0.338 e. The lowest BCUT2D eigenvalue weighted by atomic mass is 9.57. The van der Waals surface area contributed by atoms with E-state index in [1.807, 2.05) is 0 Å². The lowest BCUT2D eigenvalue weighted by Crippen LogP contribution is -2.59. The fourth-order valence-electron chi connectivity index (χ4n) is 5.72. The molecule has 0 unspecified atom stereocenters. The van der Waals surface area contributed by atoms with Gasteiger partial charge in [0.15, 0.2) is 5.60 Å². The lowest BCUT2D eigenvalue weighted by Gasteiger charge is -2.50. The number of hydrogen-bond acceptors (Lipinski definition) is 4. The molecule has 0 heterocycles. The molecule has 0 aromatic carbocycles. The largest absolute Gasteiger partial charge is 0.462 e. The Morgan fingerprint density at radius 1 is 1.00 bits per heavy atom. The van der Waals surface area contributed by atoms with Gasteiger partial charge < -0.3 is 14.7 Å². The van der Waals surface area contributed by atoms with Crippen LogP contribution in [-0.2, 0) is 9.53 Å². The Labute approximate surface area is 167 Å². The van der Waals surface area contributed by atoms with E-state index in [0.717, 1.165) is 51.7 Å². The van der Waals surface area contributed by atoms with Crippen LogP contribution in [0.25, 0.3) is 0 Å². The van der Waals surface area contributed by atoms with Crippen LogP contribution in [0.5, 0.6) is 0 Å². The summed E-state index contributed by atoms with van der Waals surface area (Å²) >= 11 is 0. The number of hydrogen-bond donors (Lipinski definition) is 1. The van der Waals surface area contributed by atoms with Crippen molar-refractivity contribution in [3.63, 3.8) is 0 Å². The second-order valence-electron chi connectivity index (χ2n) is 9.24. The minimum atomic E-state index is -1.32. The van der Waals surface area contributed by atoms with E-state index < -0.39 is 5.60 Å². The first-order valence-electron chi connectivity index (χ1n) is 11.5. The maximum atomic E-state index is 13.3. The monoisotopic (exact) mass is 381 g/mol. The average molecular weight is 382 g/mol. The van der Waals surface area contributed by atoms with Crippen LogP contribution in [0.15, 0.2) is 0 Å². The SMILES string of the molecule is CCN(CC)CCOC(=O)[C@](O)(C1CCCCC1)[C@@H]1[C@@H](C)[C@@H](C)CC[C@H]1C. The van der Waals surface area contributed by atoms with Gasteiger partial charge in [-0.3, -0.25) is 0 Å². The van der Waals surface area contributed by atoms with Crippen molar-refractivity contribution in [2.45, 2.75) is 85.2 Å². The summed E-state index contributed by atoms with van der Waals surface area (Å²) in [4.78, 5) is 15.6. The van der Waals surface area contributed by atoms with Crippen LogP contribution in [0.2, 0.25) is 0 Å². The quantitative estimate of drug-likeness (QED) is 0.629. The molecule has 0 amide bonds. The summed E-state index contributed by atoms with van der Waals surface area (Å²) in [5.41, 5.74) is -1.32. The molecule has 0 spiro atoms. The summed E-state index contributed by atoms with van der Waals surface area (Å²) in [5, 5.41) is 12.0. The average Bonchev–Trinajstić information content (AvgIpc) is 2.68. The van der Waals surface area contributed by atoms with Crippen LogP contribution >= 0.6 is 0 Å². The Morgan fingerprint density at radius 2 is 1.59 bits per heavy atom. The van der Waals surface area contributed by atoms with Crippen LogP contribution in [-0.4, -0.2) is 47.8 Å². The van der Waals surface area contributed by atoms with Crippen molar-refractivity contribution < 1.29 is 14.6 Å². The molecule has 0 saturated heterocycles. The molecule has 27 heavy (non-hydrogen) atoms. The molecule has 2 rings (SSSR count). The molecular formula is C23H43NO3. The Kier molecular flexibility index (Phi) is 8.61. The molecule has 5 atom stereocenters. The van der Waals surface area contributed by atoms with Crippen molar-refractivity contribution in [2.75, 3.05) is 26.2 Å². The fraction of sp³-hybridized carbons (Fsp3) is 0.957. The highest BCUT2D eigenvalue weighted by Crippen LogP contribution is 2.49. The summed E-state index contributed by atoms with van der Waals surface area (Å²) in [5.74, 6) is 0.955. The van der Waals surface area contributed by atoms with Crippen LogP contribution < -0.4 is 0 Å². The Hall–Kier alpha value is -0.610. The molecule has 2 saturated carbocycles. The fourth-order valence-corrected chi connectivity index (χ4v) is 5.72. The van der Waals surface area contributed by atoms with Crippen molar-refractivity contribution in [1.82, 2.24) is 4.90 Å². The van der Waals surface area contributed by atoms with Gasteiger partial charge in [0.2, 0.25) is 0 Å². The van der Waals surface area contributed by atoms with E-state index >= 15 is 0 Å². The molecular weight excluding hydrogens is 338 g/mol. The van der Waals surface area contributed by atoms with Gasteiger partial charge in [-0.15, -0.1) is 0 Å². The van der Waals surface area contributed by atoms with E-state index in [-0.39, 0.29) is 17.8 Å². The molecule has 0 aromatic rings. The highest BCUT2D eigenvalue weighted by atomic mass is 16.5. The highest BCUT2D eigenvalue weighted by Gasteiger charge is 2.56. The summed E-state index contributed by atoms with van der Waals surface area (Å²) in [7, 11) is 0. The Morgan fingerprint density at radius 3 is 2.19 bits per heavy atom. The summed E-state index contributed by atoms with van der Waals surface area (Å²) in [6, 6.07) is 0. The van der Waals surface area contributed by atoms with Crippen LogP contribution in [0.1, 0.15) is 79.6 Å². The van der Waals surface area contributed by atoms with Crippen molar-refractivity contribution in [1.29, 1.82) is 0 Å². The van der Waals surface area contributed by atoms with Crippen molar-refractivity contribution in [2.24, 2.45) is 29.6 Å².